The summed E-state index contributed by atoms with van der Waals surface area (Å²) in [5, 5.41) is 9.77. The highest BCUT2D eigenvalue weighted by Crippen LogP contribution is 2.43. The number of aryl methyl sites for hydroxylation is 1. The van der Waals surface area contributed by atoms with E-state index in [9.17, 15) is 23.2 Å². The number of ether oxygens (including phenoxy) is 1. The number of hydrogen-bond acceptors (Lipinski definition) is 7. The minimum absolute atomic E-state index is 0.0528. The standard InChI is InChI=1S/C15H11BrClF3N2O.C10H6N2OS2/c1-2-23-8-22-13(9-3-5-10(17)6-4-9)11(7-21)12(16)14(22)15(18,19)20;1-5-2-3-6-7(4-5)12-9-8(11-6)14-10(13)15-9/h3-6H,2,8H2,1H3;2-4H,1H3. The summed E-state index contributed by atoms with van der Waals surface area (Å²) < 4.78 is 46.1. The lowest BCUT2D eigenvalue weighted by atomic mass is 10.1. The summed E-state index contributed by atoms with van der Waals surface area (Å²) in [4.78, 5) is 21.5. The van der Waals surface area contributed by atoms with E-state index in [-0.39, 0.29) is 33.1 Å². The van der Waals surface area contributed by atoms with Gasteiger partial charge in [-0.15, -0.1) is 0 Å². The zero-order valence-electron chi connectivity index (χ0n) is 19.8. The summed E-state index contributed by atoms with van der Waals surface area (Å²) in [6.07, 6.45) is -4.63. The molecule has 0 unspecified atom stereocenters. The summed E-state index contributed by atoms with van der Waals surface area (Å²) in [7, 11) is 0. The van der Waals surface area contributed by atoms with E-state index < -0.39 is 11.9 Å². The lowest BCUT2D eigenvalue weighted by Gasteiger charge is -2.15. The molecule has 0 radical (unpaired) electrons. The molecule has 0 spiro atoms. The molecule has 0 atom stereocenters. The van der Waals surface area contributed by atoms with Gasteiger partial charge >= 0.3 is 6.18 Å². The van der Waals surface area contributed by atoms with Crippen LogP contribution in [0.3, 0.4) is 0 Å². The molecule has 5 aromatic rings. The van der Waals surface area contributed by atoms with E-state index in [0.717, 1.165) is 53.5 Å². The Kier molecular flexibility index (Phi) is 8.54. The summed E-state index contributed by atoms with van der Waals surface area (Å²) in [6, 6.07) is 14.0. The number of hydrogen-bond donors (Lipinski definition) is 0. The van der Waals surface area contributed by atoms with Crippen LogP contribution in [0.4, 0.5) is 13.2 Å². The molecule has 2 aromatic carbocycles. The maximum atomic E-state index is 13.4. The summed E-state index contributed by atoms with van der Waals surface area (Å²) in [5.74, 6) is 0. The van der Waals surface area contributed by atoms with E-state index in [4.69, 9.17) is 16.3 Å². The minimum Gasteiger partial charge on any atom is -0.361 e. The second-order valence-corrected chi connectivity index (χ2v) is 11.2. The number of rotatable bonds is 4. The summed E-state index contributed by atoms with van der Waals surface area (Å²) in [6.45, 7) is 3.62. The maximum absolute atomic E-state index is 13.4. The van der Waals surface area contributed by atoms with Gasteiger partial charge in [-0.25, -0.2) is 9.97 Å². The van der Waals surface area contributed by atoms with Crippen molar-refractivity contribution in [3.8, 4) is 17.3 Å². The van der Waals surface area contributed by atoms with Crippen LogP contribution in [0.25, 0.3) is 32.0 Å². The smallest absolute Gasteiger partial charge is 0.361 e. The van der Waals surface area contributed by atoms with Crippen LogP contribution in [0.5, 0.6) is 0 Å². The third kappa shape index (κ3) is 5.92. The molecule has 0 aliphatic rings. The van der Waals surface area contributed by atoms with E-state index in [1.807, 2.05) is 31.2 Å². The fourth-order valence-corrected chi connectivity index (χ4v) is 6.23. The second kappa shape index (κ2) is 11.5. The van der Waals surface area contributed by atoms with Crippen molar-refractivity contribution < 1.29 is 17.9 Å². The number of benzene rings is 2. The number of aromatic nitrogens is 3. The third-order valence-corrected chi connectivity index (χ3v) is 8.19. The maximum Gasteiger partial charge on any atom is 0.432 e. The molecule has 5 rings (SSSR count). The Morgan fingerprint density at radius 1 is 1.11 bits per heavy atom. The first-order valence-electron chi connectivity index (χ1n) is 10.9. The lowest BCUT2D eigenvalue weighted by Crippen LogP contribution is -2.16. The van der Waals surface area contributed by atoms with Crippen LogP contribution in [0, 0.1) is 18.3 Å². The van der Waals surface area contributed by atoms with Crippen LogP contribution in [-0.2, 0) is 17.6 Å². The van der Waals surface area contributed by atoms with Gasteiger partial charge in [-0.1, -0.05) is 52.5 Å². The van der Waals surface area contributed by atoms with Gasteiger partial charge in [0.15, 0.2) is 9.66 Å². The third-order valence-electron chi connectivity index (χ3n) is 5.24. The van der Waals surface area contributed by atoms with Gasteiger partial charge in [0, 0.05) is 11.6 Å². The molecule has 0 aliphatic heterocycles. The molecule has 0 bridgehead atoms. The lowest BCUT2D eigenvalue weighted by molar-refractivity contribution is -0.146. The molecule has 0 amide bonds. The predicted molar refractivity (Wildman–Crippen MR) is 148 cm³/mol. The molecule has 0 fully saturated rings. The van der Waals surface area contributed by atoms with Crippen LogP contribution in [-0.4, -0.2) is 21.1 Å². The highest BCUT2D eigenvalue weighted by Gasteiger charge is 2.40. The average Bonchev–Trinajstić information content (AvgIpc) is 3.36. The van der Waals surface area contributed by atoms with Crippen molar-refractivity contribution in [2.24, 2.45) is 0 Å². The quantitative estimate of drug-likeness (QED) is 0.199. The Hall–Kier alpha value is -2.82. The van der Waals surface area contributed by atoms with Gasteiger partial charge in [0.2, 0.25) is 0 Å². The molecule has 38 heavy (non-hydrogen) atoms. The number of alkyl halides is 3. The van der Waals surface area contributed by atoms with Crippen molar-refractivity contribution in [1.29, 1.82) is 5.26 Å². The number of nitriles is 1. The Labute approximate surface area is 236 Å². The molecule has 196 valence electrons. The second-order valence-electron chi connectivity index (χ2n) is 7.83. The zero-order chi connectivity index (χ0) is 27.6. The Bertz CT molecular complexity index is 1720. The monoisotopic (exact) mass is 640 g/mol. The van der Waals surface area contributed by atoms with Crippen LogP contribution >= 0.6 is 50.2 Å². The van der Waals surface area contributed by atoms with Crippen molar-refractivity contribution in [1.82, 2.24) is 14.5 Å². The largest absolute Gasteiger partial charge is 0.432 e. The highest BCUT2D eigenvalue weighted by molar-refractivity contribution is 9.10. The number of nitrogens with zero attached hydrogens (tertiary/aromatic N) is 4. The first-order valence-corrected chi connectivity index (χ1v) is 13.7. The van der Waals surface area contributed by atoms with Crippen molar-refractivity contribution in [2.45, 2.75) is 26.8 Å². The van der Waals surface area contributed by atoms with E-state index in [1.165, 1.54) is 0 Å². The molecule has 6 nitrogen and oxygen atoms in total. The van der Waals surface area contributed by atoms with Crippen LogP contribution in [0.1, 0.15) is 23.7 Å². The van der Waals surface area contributed by atoms with E-state index >= 15 is 0 Å². The van der Waals surface area contributed by atoms with Crippen molar-refractivity contribution >= 4 is 70.9 Å². The predicted octanol–water partition coefficient (Wildman–Crippen LogP) is 8.03. The molecular weight excluding hydrogens is 625 g/mol. The van der Waals surface area contributed by atoms with Crippen molar-refractivity contribution in [2.75, 3.05) is 6.61 Å². The molecule has 3 aromatic heterocycles. The topological polar surface area (TPSA) is 80.8 Å². The minimum atomic E-state index is -4.63. The van der Waals surface area contributed by atoms with Crippen LogP contribution < -0.4 is 4.06 Å². The first-order chi connectivity index (χ1) is 18.0. The van der Waals surface area contributed by atoms with Gasteiger partial charge in [-0.05, 0) is 65.2 Å². The summed E-state index contributed by atoms with van der Waals surface area (Å²) >= 11 is 11.0. The molecule has 3 heterocycles. The average molecular weight is 642 g/mol. The van der Waals surface area contributed by atoms with Gasteiger partial charge < -0.3 is 9.30 Å². The Morgan fingerprint density at radius 2 is 1.74 bits per heavy atom. The molecule has 0 saturated carbocycles. The Morgan fingerprint density at radius 3 is 2.32 bits per heavy atom. The van der Waals surface area contributed by atoms with E-state index in [0.29, 0.717) is 10.6 Å². The van der Waals surface area contributed by atoms with Gasteiger partial charge in [0.25, 0.3) is 4.06 Å². The highest BCUT2D eigenvalue weighted by atomic mass is 79.9. The fraction of sp³-hybridized carbons (Fsp3) is 0.200. The molecule has 13 heteroatoms. The van der Waals surface area contributed by atoms with E-state index in [2.05, 4.69) is 25.9 Å². The molecule has 0 aliphatic carbocycles. The molecular formula is C25H17BrClF3N4O2S2. The zero-order valence-corrected chi connectivity index (χ0v) is 23.7. The van der Waals surface area contributed by atoms with Crippen LogP contribution in [0.2, 0.25) is 5.02 Å². The van der Waals surface area contributed by atoms with Gasteiger partial charge in [0.1, 0.15) is 18.5 Å². The van der Waals surface area contributed by atoms with E-state index in [1.54, 1.807) is 31.2 Å². The molecule has 0 N–H and O–H groups in total. The number of fused-ring (bicyclic) bond motifs is 2. The summed E-state index contributed by atoms with van der Waals surface area (Å²) in [5.41, 5.74) is 2.39. The van der Waals surface area contributed by atoms with Gasteiger partial charge in [0.05, 0.1) is 26.8 Å². The van der Waals surface area contributed by atoms with Crippen LogP contribution in [0.15, 0.2) is 51.7 Å². The number of halogens is 5. The van der Waals surface area contributed by atoms with Gasteiger partial charge in [-0.3, -0.25) is 4.79 Å². The van der Waals surface area contributed by atoms with Gasteiger partial charge in [-0.2, -0.15) is 18.4 Å². The Balaban J connectivity index is 0.000000192. The van der Waals surface area contributed by atoms with Crippen molar-refractivity contribution in [3.05, 3.63) is 77.6 Å². The molecule has 0 saturated heterocycles. The first kappa shape index (κ1) is 28.2. The van der Waals surface area contributed by atoms with Crippen molar-refractivity contribution in [3.63, 3.8) is 0 Å². The fourth-order valence-electron chi connectivity index (χ4n) is 3.63. The SMILES string of the molecule is CCOCn1c(-c2ccc(Cl)cc2)c(C#N)c(Br)c1C(F)(F)F.Cc1ccc2nc3sc(=O)sc3nc2c1. The normalized spacial score (nSPS) is 11.4.